The molecule has 17 heavy (non-hydrogen) atoms. The maximum absolute atomic E-state index is 13.7. The summed E-state index contributed by atoms with van der Waals surface area (Å²) in [7, 11) is 1.85. The fraction of sp³-hybridized carbons (Fsp3) is 0.308. The third kappa shape index (κ3) is 2.08. The molecular weight excluding hydrogens is 219 g/mol. The summed E-state index contributed by atoms with van der Waals surface area (Å²) in [5.41, 5.74) is 2.26. The second-order valence-electron chi connectivity index (χ2n) is 3.98. The average Bonchev–Trinajstić information content (AvgIpc) is 2.59. The average molecular weight is 234 g/mol. The van der Waals surface area contributed by atoms with Crippen LogP contribution in [0.2, 0.25) is 0 Å². The van der Waals surface area contributed by atoms with E-state index in [1.165, 1.54) is 6.07 Å². The van der Waals surface area contributed by atoms with Crippen LogP contribution in [-0.2, 0) is 13.5 Å². The first-order chi connectivity index (χ1) is 8.15. The molecule has 0 radical (unpaired) electrons. The van der Waals surface area contributed by atoms with Gasteiger partial charge in [-0.15, -0.1) is 0 Å². The molecule has 0 aliphatic carbocycles. The Kier molecular flexibility index (Phi) is 3.24. The maximum atomic E-state index is 13.7. The predicted octanol–water partition coefficient (Wildman–Crippen LogP) is 2.07. The first-order valence-corrected chi connectivity index (χ1v) is 5.53. The van der Waals surface area contributed by atoms with Gasteiger partial charge in [-0.3, -0.25) is 0 Å². The van der Waals surface area contributed by atoms with Crippen LogP contribution in [0.4, 0.5) is 4.39 Å². The minimum Gasteiger partial charge on any atom is -0.396 e. The van der Waals surface area contributed by atoms with Crippen molar-refractivity contribution in [3.05, 3.63) is 41.5 Å². The molecule has 0 bridgehead atoms. The SMILES string of the molecule is Cc1c(CCO)nc(-c2ccccc2F)n1C. The van der Waals surface area contributed by atoms with Gasteiger partial charge < -0.3 is 9.67 Å². The number of aromatic nitrogens is 2. The van der Waals surface area contributed by atoms with E-state index in [0.717, 1.165) is 11.4 Å². The molecule has 0 saturated carbocycles. The molecule has 0 aliphatic rings. The van der Waals surface area contributed by atoms with Crippen LogP contribution in [0.3, 0.4) is 0 Å². The van der Waals surface area contributed by atoms with Crippen LogP contribution in [0.25, 0.3) is 11.4 Å². The van der Waals surface area contributed by atoms with Gasteiger partial charge in [-0.25, -0.2) is 9.37 Å². The van der Waals surface area contributed by atoms with Crippen molar-refractivity contribution in [2.75, 3.05) is 6.61 Å². The molecule has 0 unspecified atom stereocenters. The number of nitrogens with zero attached hydrogens (tertiary/aromatic N) is 2. The summed E-state index contributed by atoms with van der Waals surface area (Å²) < 4.78 is 15.5. The minimum atomic E-state index is -0.281. The molecule has 2 aromatic rings. The van der Waals surface area contributed by atoms with Crippen LogP contribution >= 0.6 is 0 Å². The number of hydrogen-bond acceptors (Lipinski definition) is 2. The van der Waals surface area contributed by atoms with Gasteiger partial charge in [0.05, 0.1) is 11.3 Å². The van der Waals surface area contributed by atoms with Gasteiger partial charge in [0.2, 0.25) is 0 Å². The Morgan fingerprint density at radius 1 is 1.35 bits per heavy atom. The molecule has 2 rings (SSSR count). The van der Waals surface area contributed by atoms with Gasteiger partial charge in [0, 0.05) is 25.8 Å². The van der Waals surface area contributed by atoms with Crippen molar-refractivity contribution >= 4 is 0 Å². The van der Waals surface area contributed by atoms with Gasteiger partial charge in [-0.1, -0.05) is 12.1 Å². The Bertz CT molecular complexity index is 534. The summed E-state index contributed by atoms with van der Waals surface area (Å²) in [6.07, 6.45) is 0.494. The van der Waals surface area contributed by atoms with E-state index in [-0.39, 0.29) is 12.4 Å². The fourth-order valence-corrected chi connectivity index (χ4v) is 1.86. The van der Waals surface area contributed by atoms with E-state index < -0.39 is 0 Å². The highest BCUT2D eigenvalue weighted by Gasteiger charge is 2.14. The largest absolute Gasteiger partial charge is 0.396 e. The van der Waals surface area contributed by atoms with Crippen molar-refractivity contribution in [1.82, 2.24) is 9.55 Å². The summed E-state index contributed by atoms with van der Waals surface area (Å²) >= 11 is 0. The van der Waals surface area contributed by atoms with Crippen LogP contribution < -0.4 is 0 Å². The molecular formula is C13H15FN2O. The molecule has 3 nitrogen and oxygen atoms in total. The zero-order valence-electron chi connectivity index (χ0n) is 9.94. The lowest BCUT2D eigenvalue weighted by Crippen LogP contribution is -1.97. The number of hydrogen-bond donors (Lipinski definition) is 1. The Hall–Kier alpha value is -1.68. The molecule has 0 amide bonds. The molecule has 90 valence electrons. The van der Waals surface area contributed by atoms with Crippen molar-refractivity contribution in [2.24, 2.45) is 7.05 Å². The monoisotopic (exact) mass is 234 g/mol. The van der Waals surface area contributed by atoms with Gasteiger partial charge in [-0.05, 0) is 19.1 Å². The fourth-order valence-electron chi connectivity index (χ4n) is 1.86. The minimum absolute atomic E-state index is 0.0502. The van der Waals surface area contributed by atoms with Gasteiger partial charge in [-0.2, -0.15) is 0 Å². The summed E-state index contributed by atoms with van der Waals surface area (Å²) in [5, 5.41) is 8.95. The zero-order chi connectivity index (χ0) is 12.4. The highest BCUT2D eigenvalue weighted by atomic mass is 19.1. The molecule has 1 aromatic carbocycles. The first kappa shape index (κ1) is 11.8. The smallest absolute Gasteiger partial charge is 0.143 e. The molecule has 0 aliphatic heterocycles. The normalized spacial score (nSPS) is 10.8. The number of imidazole rings is 1. The maximum Gasteiger partial charge on any atom is 0.143 e. The van der Waals surface area contributed by atoms with E-state index in [2.05, 4.69) is 4.98 Å². The third-order valence-electron chi connectivity index (χ3n) is 2.94. The van der Waals surface area contributed by atoms with E-state index in [9.17, 15) is 4.39 Å². The Balaban J connectivity index is 2.53. The number of rotatable bonds is 3. The lowest BCUT2D eigenvalue weighted by atomic mass is 10.2. The van der Waals surface area contributed by atoms with E-state index in [1.807, 2.05) is 18.5 Å². The lowest BCUT2D eigenvalue weighted by molar-refractivity contribution is 0.298. The Morgan fingerprint density at radius 3 is 2.71 bits per heavy atom. The number of halogens is 1. The molecule has 0 fully saturated rings. The van der Waals surface area contributed by atoms with Crippen molar-refractivity contribution < 1.29 is 9.50 Å². The molecule has 1 heterocycles. The quantitative estimate of drug-likeness (QED) is 0.882. The van der Waals surface area contributed by atoms with E-state index in [1.54, 1.807) is 18.2 Å². The van der Waals surface area contributed by atoms with E-state index in [0.29, 0.717) is 17.8 Å². The van der Waals surface area contributed by atoms with Crippen molar-refractivity contribution in [2.45, 2.75) is 13.3 Å². The second kappa shape index (κ2) is 4.67. The third-order valence-corrected chi connectivity index (χ3v) is 2.94. The summed E-state index contributed by atoms with van der Waals surface area (Å²) in [6, 6.07) is 6.57. The summed E-state index contributed by atoms with van der Waals surface area (Å²) in [4.78, 5) is 4.39. The Labute approximate surface area is 99.5 Å². The van der Waals surface area contributed by atoms with Gasteiger partial charge in [0.25, 0.3) is 0 Å². The van der Waals surface area contributed by atoms with Gasteiger partial charge in [0.15, 0.2) is 0 Å². The molecule has 1 N–H and O–H groups in total. The summed E-state index contributed by atoms with van der Waals surface area (Å²) in [5.74, 6) is 0.320. The van der Waals surface area contributed by atoms with Crippen LogP contribution in [-0.4, -0.2) is 21.3 Å². The van der Waals surface area contributed by atoms with Gasteiger partial charge in [0.1, 0.15) is 11.6 Å². The molecule has 4 heteroatoms. The number of aliphatic hydroxyl groups excluding tert-OH is 1. The molecule has 0 atom stereocenters. The van der Waals surface area contributed by atoms with Crippen LogP contribution in [0.5, 0.6) is 0 Å². The van der Waals surface area contributed by atoms with Crippen LogP contribution in [0.15, 0.2) is 24.3 Å². The first-order valence-electron chi connectivity index (χ1n) is 5.53. The molecule has 0 spiro atoms. The highest BCUT2D eigenvalue weighted by molar-refractivity contribution is 5.57. The van der Waals surface area contributed by atoms with Gasteiger partial charge >= 0.3 is 0 Å². The highest BCUT2D eigenvalue weighted by Crippen LogP contribution is 2.23. The van der Waals surface area contributed by atoms with Crippen molar-refractivity contribution in [3.63, 3.8) is 0 Å². The molecule has 0 saturated heterocycles. The van der Waals surface area contributed by atoms with Crippen molar-refractivity contribution in [3.8, 4) is 11.4 Å². The topological polar surface area (TPSA) is 38.1 Å². The number of benzene rings is 1. The lowest BCUT2D eigenvalue weighted by Gasteiger charge is -2.03. The Morgan fingerprint density at radius 2 is 2.06 bits per heavy atom. The predicted molar refractivity (Wildman–Crippen MR) is 64.1 cm³/mol. The second-order valence-corrected chi connectivity index (χ2v) is 3.98. The van der Waals surface area contributed by atoms with Crippen LogP contribution in [0.1, 0.15) is 11.4 Å². The van der Waals surface area contributed by atoms with E-state index >= 15 is 0 Å². The van der Waals surface area contributed by atoms with Crippen LogP contribution in [0, 0.1) is 12.7 Å². The zero-order valence-corrected chi connectivity index (χ0v) is 9.94. The number of aliphatic hydroxyl groups is 1. The summed E-state index contributed by atoms with van der Waals surface area (Å²) in [6.45, 7) is 1.97. The standard InChI is InChI=1S/C13H15FN2O/c1-9-12(7-8-17)15-13(16(9)2)10-5-3-4-6-11(10)14/h3-6,17H,7-8H2,1-2H3. The van der Waals surface area contributed by atoms with E-state index in [4.69, 9.17) is 5.11 Å². The molecule has 1 aromatic heterocycles. The van der Waals surface area contributed by atoms with Crippen molar-refractivity contribution in [1.29, 1.82) is 0 Å².